The minimum Gasteiger partial charge on any atom is -0.359 e. The van der Waals surface area contributed by atoms with Crippen LogP contribution in [0.3, 0.4) is 0 Å². The van der Waals surface area contributed by atoms with E-state index in [1.807, 2.05) is 26.8 Å². The first kappa shape index (κ1) is 23.0. The second-order valence-corrected chi connectivity index (χ2v) is 6.80. The minimum absolute atomic E-state index is 0. The summed E-state index contributed by atoms with van der Waals surface area (Å²) in [6.45, 7) is 7.04. The van der Waals surface area contributed by atoms with Crippen LogP contribution in [0.2, 0.25) is 0 Å². The van der Waals surface area contributed by atoms with E-state index in [0.29, 0.717) is 37.7 Å². The molecule has 1 heterocycles. The summed E-state index contributed by atoms with van der Waals surface area (Å²) >= 11 is 0. The van der Waals surface area contributed by atoms with Gasteiger partial charge in [0, 0.05) is 18.7 Å². The van der Waals surface area contributed by atoms with Crippen LogP contribution in [0.4, 0.5) is 13.2 Å². The number of rotatable bonds is 5. The Morgan fingerprint density at radius 2 is 1.96 bits per heavy atom. The first-order valence-electron chi connectivity index (χ1n) is 8.86. The molecule has 1 aliphatic carbocycles. The lowest BCUT2D eigenvalue weighted by molar-refractivity contribution is -0.182. The zero-order chi connectivity index (χ0) is 18.4. The van der Waals surface area contributed by atoms with Crippen molar-refractivity contribution in [2.24, 2.45) is 10.9 Å². The third-order valence-electron chi connectivity index (χ3n) is 4.44. The number of hydrogen-bond acceptors (Lipinski definition) is 3. The second-order valence-electron chi connectivity index (χ2n) is 6.80. The van der Waals surface area contributed by atoms with Crippen LogP contribution in [0, 0.1) is 5.92 Å². The smallest absolute Gasteiger partial charge is 0.359 e. The maximum atomic E-state index is 12.7. The first-order valence-corrected chi connectivity index (χ1v) is 8.86. The number of halogens is 4. The van der Waals surface area contributed by atoms with Crippen molar-refractivity contribution in [3.8, 4) is 0 Å². The van der Waals surface area contributed by atoms with Gasteiger partial charge >= 0.3 is 6.18 Å². The Balaban J connectivity index is 0.00000338. The number of hydrogen-bond donors (Lipinski definition) is 2. The van der Waals surface area contributed by atoms with Crippen LogP contribution in [0.5, 0.6) is 0 Å². The molecule has 0 saturated heterocycles. The van der Waals surface area contributed by atoms with Gasteiger partial charge in [0.25, 0.3) is 0 Å². The third-order valence-corrected chi connectivity index (χ3v) is 4.44. The van der Waals surface area contributed by atoms with Gasteiger partial charge in [-0.3, -0.25) is 0 Å². The van der Waals surface area contributed by atoms with Gasteiger partial charge < -0.3 is 15.2 Å². The lowest BCUT2D eigenvalue weighted by atomic mass is 9.85. The molecule has 2 N–H and O–H groups in total. The van der Waals surface area contributed by atoms with E-state index in [1.165, 1.54) is 0 Å². The normalized spacial score (nSPS) is 21.4. The van der Waals surface area contributed by atoms with Crippen LogP contribution in [0.25, 0.3) is 0 Å². The lowest BCUT2D eigenvalue weighted by Crippen LogP contribution is -2.45. The summed E-state index contributed by atoms with van der Waals surface area (Å²) in [5, 5.41) is 10.4. The highest BCUT2D eigenvalue weighted by Crippen LogP contribution is 2.37. The number of nitrogens with one attached hydrogen (secondary N) is 2. The molecular weight excluding hydrogens is 460 g/mol. The van der Waals surface area contributed by atoms with Crippen molar-refractivity contribution in [2.45, 2.75) is 71.1 Å². The Bertz CT molecular complexity index is 567. The van der Waals surface area contributed by atoms with Crippen molar-refractivity contribution in [1.29, 1.82) is 0 Å². The van der Waals surface area contributed by atoms with E-state index in [9.17, 15) is 13.2 Å². The number of alkyl halides is 3. The average molecular weight is 488 g/mol. The molecule has 1 fully saturated rings. The molecule has 1 aromatic heterocycles. The Labute approximate surface area is 169 Å². The largest absolute Gasteiger partial charge is 0.391 e. The van der Waals surface area contributed by atoms with E-state index in [2.05, 4.69) is 20.8 Å². The van der Waals surface area contributed by atoms with Gasteiger partial charge in [-0.05, 0) is 38.5 Å². The molecule has 0 aromatic carbocycles. The number of aliphatic imine (C=N–C) groups is 1. The molecule has 9 heteroatoms. The number of nitrogens with zero attached hydrogens (tertiary/aromatic N) is 2. The predicted molar refractivity (Wildman–Crippen MR) is 106 cm³/mol. The van der Waals surface area contributed by atoms with Crippen molar-refractivity contribution in [2.75, 3.05) is 6.54 Å². The van der Waals surface area contributed by atoms with Crippen LogP contribution in [-0.4, -0.2) is 29.9 Å². The number of aromatic nitrogens is 1. The molecule has 26 heavy (non-hydrogen) atoms. The molecule has 1 saturated carbocycles. The Morgan fingerprint density at radius 1 is 1.31 bits per heavy atom. The van der Waals surface area contributed by atoms with Crippen LogP contribution in [-0.2, 0) is 6.54 Å². The molecule has 0 atom stereocenters. The molecular formula is C17H28F3IN4O. The molecule has 150 valence electrons. The zero-order valence-electron chi connectivity index (χ0n) is 15.4. The minimum atomic E-state index is -4.08. The van der Waals surface area contributed by atoms with Crippen molar-refractivity contribution in [3.05, 3.63) is 17.5 Å². The zero-order valence-corrected chi connectivity index (χ0v) is 17.7. The summed E-state index contributed by atoms with van der Waals surface area (Å²) in [4.78, 5) is 4.46. The maximum absolute atomic E-state index is 12.7. The van der Waals surface area contributed by atoms with Crippen LogP contribution in [0.15, 0.2) is 15.6 Å². The highest BCUT2D eigenvalue weighted by molar-refractivity contribution is 14.0. The standard InChI is InChI=1S/C17H27F3N4O.HI/c1-4-21-16(22-10-14-9-15(11(2)3)24-25-14)23-13-7-5-12(6-8-13)17(18,19)20;/h9,11-13H,4-8,10H2,1-3H3,(H2,21,22,23);1H. The lowest BCUT2D eigenvalue weighted by Gasteiger charge is -2.31. The molecule has 2 rings (SSSR count). The molecule has 0 aliphatic heterocycles. The summed E-state index contributed by atoms with van der Waals surface area (Å²) in [5.41, 5.74) is 0.883. The van der Waals surface area contributed by atoms with Gasteiger partial charge in [0.05, 0.1) is 11.6 Å². The quantitative estimate of drug-likeness (QED) is 0.362. The van der Waals surface area contributed by atoms with Crippen molar-refractivity contribution < 1.29 is 17.7 Å². The summed E-state index contributed by atoms with van der Waals surface area (Å²) in [6.07, 6.45) is -2.76. The molecule has 1 aliphatic rings. The van der Waals surface area contributed by atoms with E-state index in [-0.39, 0.29) is 48.8 Å². The van der Waals surface area contributed by atoms with E-state index in [4.69, 9.17) is 4.52 Å². The van der Waals surface area contributed by atoms with Crippen molar-refractivity contribution in [1.82, 2.24) is 15.8 Å². The fraction of sp³-hybridized carbons (Fsp3) is 0.765. The summed E-state index contributed by atoms with van der Waals surface area (Å²) < 4.78 is 43.5. The molecule has 0 amide bonds. The third kappa shape index (κ3) is 6.96. The Morgan fingerprint density at radius 3 is 2.46 bits per heavy atom. The highest BCUT2D eigenvalue weighted by Gasteiger charge is 2.41. The molecule has 0 radical (unpaired) electrons. The van der Waals surface area contributed by atoms with E-state index < -0.39 is 12.1 Å². The van der Waals surface area contributed by atoms with Gasteiger partial charge in [0.15, 0.2) is 11.7 Å². The number of guanidine groups is 1. The van der Waals surface area contributed by atoms with Gasteiger partial charge in [-0.2, -0.15) is 13.2 Å². The second kappa shape index (κ2) is 10.4. The fourth-order valence-corrected chi connectivity index (χ4v) is 2.91. The van der Waals surface area contributed by atoms with Gasteiger partial charge in [0.1, 0.15) is 6.54 Å². The van der Waals surface area contributed by atoms with Gasteiger partial charge in [-0.15, -0.1) is 24.0 Å². The average Bonchev–Trinajstić information content (AvgIpc) is 3.02. The fourth-order valence-electron chi connectivity index (χ4n) is 2.91. The van der Waals surface area contributed by atoms with Gasteiger partial charge in [-0.1, -0.05) is 19.0 Å². The van der Waals surface area contributed by atoms with E-state index >= 15 is 0 Å². The van der Waals surface area contributed by atoms with Crippen molar-refractivity contribution in [3.63, 3.8) is 0 Å². The van der Waals surface area contributed by atoms with E-state index in [1.54, 1.807) is 0 Å². The molecule has 1 aromatic rings. The van der Waals surface area contributed by atoms with Crippen LogP contribution >= 0.6 is 24.0 Å². The predicted octanol–water partition coefficient (Wildman–Crippen LogP) is 4.59. The van der Waals surface area contributed by atoms with Gasteiger partial charge in [0.2, 0.25) is 0 Å². The summed E-state index contributed by atoms with van der Waals surface area (Å²) in [7, 11) is 0. The Hall–Kier alpha value is -1.00. The summed E-state index contributed by atoms with van der Waals surface area (Å²) in [6, 6.07) is 1.89. The molecule has 5 nitrogen and oxygen atoms in total. The monoisotopic (exact) mass is 488 g/mol. The topological polar surface area (TPSA) is 62.5 Å². The Kier molecular flexibility index (Phi) is 9.18. The van der Waals surface area contributed by atoms with Crippen molar-refractivity contribution >= 4 is 29.9 Å². The van der Waals surface area contributed by atoms with Crippen LogP contribution < -0.4 is 10.6 Å². The molecule has 0 unspecified atom stereocenters. The maximum Gasteiger partial charge on any atom is 0.391 e. The highest BCUT2D eigenvalue weighted by atomic mass is 127. The first-order chi connectivity index (χ1) is 11.8. The van der Waals surface area contributed by atoms with Gasteiger partial charge in [-0.25, -0.2) is 4.99 Å². The SMILES string of the molecule is CCNC(=NCc1cc(C(C)C)no1)NC1CCC(C(F)(F)F)CC1.I. The summed E-state index contributed by atoms with van der Waals surface area (Å²) in [5.74, 6) is 0.382. The van der Waals surface area contributed by atoms with Crippen LogP contribution in [0.1, 0.15) is 63.8 Å². The van der Waals surface area contributed by atoms with E-state index in [0.717, 1.165) is 5.69 Å². The molecule has 0 bridgehead atoms. The molecule has 0 spiro atoms.